The topological polar surface area (TPSA) is 29.5 Å². The molecule has 0 aliphatic heterocycles. The van der Waals surface area contributed by atoms with Gasteiger partial charge in [0.2, 0.25) is 0 Å². The third-order valence-electron chi connectivity index (χ3n) is 3.81. The van der Waals surface area contributed by atoms with Crippen molar-refractivity contribution in [1.29, 1.82) is 0 Å². The SMILES string of the molecule is OCCCOB(c1ccccc1)C1CCCCC1. The minimum absolute atomic E-state index is 0.214. The summed E-state index contributed by atoms with van der Waals surface area (Å²) >= 11 is 0. The van der Waals surface area contributed by atoms with Crippen LogP contribution in [0.3, 0.4) is 0 Å². The first kappa shape index (κ1) is 13.6. The van der Waals surface area contributed by atoms with Gasteiger partial charge in [-0.3, -0.25) is 0 Å². The Bertz CT molecular complexity index is 323. The molecule has 0 heterocycles. The smallest absolute Gasteiger partial charge is 0.329 e. The minimum atomic E-state index is 0.214. The fourth-order valence-corrected chi connectivity index (χ4v) is 2.86. The first-order valence-corrected chi connectivity index (χ1v) is 7.19. The van der Waals surface area contributed by atoms with Gasteiger partial charge in [0, 0.05) is 13.2 Å². The zero-order chi connectivity index (χ0) is 12.6. The second-order valence-corrected chi connectivity index (χ2v) is 5.18. The van der Waals surface area contributed by atoms with E-state index in [4.69, 9.17) is 9.76 Å². The van der Waals surface area contributed by atoms with E-state index in [1.165, 1.54) is 37.6 Å². The summed E-state index contributed by atoms with van der Waals surface area (Å²) in [7, 11) is 0. The van der Waals surface area contributed by atoms with Gasteiger partial charge in [-0.05, 0) is 17.7 Å². The van der Waals surface area contributed by atoms with Gasteiger partial charge in [0.05, 0.1) is 0 Å². The van der Waals surface area contributed by atoms with Crippen molar-refractivity contribution in [2.45, 2.75) is 44.3 Å². The summed E-state index contributed by atoms with van der Waals surface area (Å²) < 4.78 is 6.05. The van der Waals surface area contributed by atoms with Gasteiger partial charge in [-0.1, -0.05) is 62.4 Å². The number of rotatable bonds is 6. The Hall–Kier alpha value is -0.795. The molecule has 3 heteroatoms. The summed E-state index contributed by atoms with van der Waals surface area (Å²) in [4.78, 5) is 0. The Morgan fingerprint density at radius 3 is 2.50 bits per heavy atom. The second-order valence-electron chi connectivity index (χ2n) is 5.18. The molecule has 0 amide bonds. The molecular formula is C15H23BO2. The normalized spacial score (nSPS) is 16.7. The number of hydrogen-bond acceptors (Lipinski definition) is 2. The van der Waals surface area contributed by atoms with Crippen molar-refractivity contribution in [3.63, 3.8) is 0 Å². The maximum atomic E-state index is 8.88. The minimum Gasteiger partial charge on any atom is -0.430 e. The summed E-state index contributed by atoms with van der Waals surface area (Å²) in [6, 6.07) is 10.5. The van der Waals surface area contributed by atoms with Crippen molar-refractivity contribution < 1.29 is 9.76 Å². The third-order valence-corrected chi connectivity index (χ3v) is 3.81. The molecule has 0 saturated heterocycles. The van der Waals surface area contributed by atoms with Crippen LogP contribution in [-0.4, -0.2) is 25.2 Å². The molecule has 1 saturated carbocycles. The highest BCUT2D eigenvalue weighted by atomic mass is 16.4. The fraction of sp³-hybridized carbons (Fsp3) is 0.600. The predicted octanol–water partition coefficient (Wildman–Crippen LogP) is 2.62. The Kier molecular flexibility index (Phi) is 5.75. The highest BCUT2D eigenvalue weighted by molar-refractivity contribution is 6.68. The van der Waals surface area contributed by atoms with Crippen molar-refractivity contribution in [2.75, 3.05) is 13.2 Å². The van der Waals surface area contributed by atoms with Gasteiger partial charge >= 0.3 is 6.92 Å². The summed E-state index contributed by atoms with van der Waals surface area (Å²) in [5.41, 5.74) is 1.29. The van der Waals surface area contributed by atoms with Gasteiger partial charge < -0.3 is 9.76 Å². The van der Waals surface area contributed by atoms with Crippen LogP contribution in [0.5, 0.6) is 0 Å². The molecule has 0 unspecified atom stereocenters. The highest BCUT2D eigenvalue weighted by Crippen LogP contribution is 2.31. The largest absolute Gasteiger partial charge is 0.430 e. The maximum absolute atomic E-state index is 8.88. The quantitative estimate of drug-likeness (QED) is 0.617. The first-order chi connectivity index (χ1) is 8.92. The lowest BCUT2D eigenvalue weighted by Crippen LogP contribution is -2.39. The van der Waals surface area contributed by atoms with E-state index in [1.807, 2.05) is 0 Å². The lowest BCUT2D eigenvalue weighted by molar-refractivity contribution is 0.231. The van der Waals surface area contributed by atoms with Gasteiger partial charge in [0.15, 0.2) is 0 Å². The van der Waals surface area contributed by atoms with Crippen LogP contribution in [0.4, 0.5) is 0 Å². The van der Waals surface area contributed by atoms with Gasteiger partial charge in [0.1, 0.15) is 0 Å². The molecule has 2 rings (SSSR count). The fourth-order valence-electron chi connectivity index (χ4n) is 2.86. The molecule has 18 heavy (non-hydrogen) atoms. The predicted molar refractivity (Wildman–Crippen MR) is 76.3 cm³/mol. The lowest BCUT2D eigenvalue weighted by Gasteiger charge is -2.27. The summed E-state index contributed by atoms with van der Waals surface area (Å²) in [5, 5.41) is 8.88. The van der Waals surface area contributed by atoms with Crippen LogP contribution in [0.25, 0.3) is 0 Å². The summed E-state index contributed by atoms with van der Waals surface area (Å²) in [6.45, 7) is 1.09. The van der Waals surface area contributed by atoms with Crippen LogP contribution >= 0.6 is 0 Å². The van der Waals surface area contributed by atoms with Gasteiger partial charge in [-0.25, -0.2) is 0 Å². The van der Waals surface area contributed by atoms with Crippen molar-refractivity contribution in [1.82, 2.24) is 0 Å². The molecule has 1 aliphatic rings. The van der Waals surface area contributed by atoms with Crippen molar-refractivity contribution in [3.05, 3.63) is 30.3 Å². The molecule has 0 bridgehead atoms. The van der Waals surface area contributed by atoms with E-state index < -0.39 is 0 Å². The zero-order valence-corrected chi connectivity index (χ0v) is 11.1. The molecule has 0 spiro atoms. The van der Waals surface area contributed by atoms with Crippen molar-refractivity contribution >= 4 is 12.4 Å². The summed E-state index contributed by atoms with van der Waals surface area (Å²) in [5.74, 6) is 0.653. The average molecular weight is 246 g/mol. The van der Waals surface area contributed by atoms with Gasteiger partial charge in [0.25, 0.3) is 0 Å². The van der Waals surface area contributed by atoms with Crippen LogP contribution in [0.15, 0.2) is 30.3 Å². The zero-order valence-electron chi connectivity index (χ0n) is 11.1. The van der Waals surface area contributed by atoms with E-state index in [9.17, 15) is 0 Å². The standard InChI is InChI=1S/C15H23BO2/c17-12-7-13-18-16(14-8-3-1-4-9-14)15-10-5-2-6-11-15/h1,3-4,8-9,15,17H,2,5-7,10-13H2. The van der Waals surface area contributed by atoms with E-state index >= 15 is 0 Å². The Morgan fingerprint density at radius 2 is 1.83 bits per heavy atom. The molecule has 0 aromatic heterocycles. The molecule has 2 nitrogen and oxygen atoms in total. The van der Waals surface area contributed by atoms with E-state index in [-0.39, 0.29) is 13.5 Å². The van der Waals surface area contributed by atoms with Crippen LogP contribution in [0, 0.1) is 0 Å². The third kappa shape index (κ3) is 3.86. The monoisotopic (exact) mass is 246 g/mol. The Balaban J connectivity index is 2.01. The molecule has 1 N–H and O–H groups in total. The maximum Gasteiger partial charge on any atom is 0.329 e. The van der Waals surface area contributed by atoms with Crippen LogP contribution in [-0.2, 0) is 4.65 Å². The van der Waals surface area contributed by atoms with Crippen LogP contribution in [0.2, 0.25) is 5.82 Å². The molecule has 98 valence electrons. The molecule has 0 atom stereocenters. The van der Waals surface area contributed by atoms with E-state index in [0.29, 0.717) is 12.4 Å². The summed E-state index contributed by atoms with van der Waals surface area (Å²) in [6.07, 6.45) is 7.32. The molecule has 1 aromatic carbocycles. The molecule has 0 radical (unpaired) electrons. The Morgan fingerprint density at radius 1 is 1.11 bits per heavy atom. The average Bonchev–Trinajstić information content (AvgIpc) is 2.46. The van der Waals surface area contributed by atoms with Gasteiger partial charge in [-0.15, -0.1) is 0 Å². The molecule has 1 fully saturated rings. The van der Waals surface area contributed by atoms with Crippen LogP contribution < -0.4 is 5.46 Å². The molecular weight excluding hydrogens is 223 g/mol. The first-order valence-electron chi connectivity index (χ1n) is 7.19. The van der Waals surface area contributed by atoms with Gasteiger partial charge in [-0.2, -0.15) is 0 Å². The Labute approximate surface area is 110 Å². The molecule has 1 aromatic rings. The number of benzene rings is 1. The number of aliphatic hydroxyl groups excluding tert-OH is 1. The van der Waals surface area contributed by atoms with E-state index in [2.05, 4.69) is 30.3 Å². The van der Waals surface area contributed by atoms with E-state index in [0.717, 1.165) is 6.42 Å². The molecule has 1 aliphatic carbocycles. The number of hydrogen-bond donors (Lipinski definition) is 1. The van der Waals surface area contributed by atoms with Crippen LogP contribution in [0.1, 0.15) is 38.5 Å². The second kappa shape index (κ2) is 7.60. The van der Waals surface area contributed by atoms with Crippen molar-refractivity contribution in [2.24, 2.45) is 0 Å². The lowest BCUT2D eigenvalue weighted by atomic mass is 9.47. The number of aliphatic hydroxyl groups is 1. The van der Waals surface area contributed by atoms with E-state index in [1.54, 1.807) is 0 Å². The van der Waals surface area contributed by atoms with Crippen molar-refractivity contribution in [3.8, 4) is 0 Å². The highest BCUT2D eigenvalue weighted by Gasteiger charge is 2.30.